The molecular weight excluding hydrogens is 290 g/mol. The Morgan fingerprint density at radius 3 is 2.43 bits per heavy atom. The predicted octanol–water partition coefficient (Wildman–Crippen LogP) is 3.32. The fourth-order valence-electron chi connectivity index (χ4n) is 4.10. The van der Waals surface area contributed by atoms with Gasteiger partial charge in [-0.1, -0.05) is 23.8 Å². The third-order valence-electron chi connectivity index (χ3n) is 5.74. The first-order chi connectivity index (χ1) is 11.0. The van der Waals surface area contributed by atoms with Crippen molar-refractivity contribution in [1.82, 2.24) is 4.90 Å². The van der Waals surface area contributed by atoms with Gasteiger partial charge in [0.05, 0.1) is 0 Å². The average Bonchev–Trinajstić information content (AvgIpc) is 2.53. The number of hydrogen-bond donors (Lipinski definition) is 1. The summed E-state index contributed by atoms with van der Waals surface area (Å²) in [4.78, 5) is 14.1. The van der Waals surface area contributed by atoms with Crippen molar-refractivity contribution in [2.24, 2.45) is 5.41 Å². The first kappa shape index (κ1) is 16.5. The Hall–Kier alpha value is -1.39. The number of likely N-dealkylation sites (tertiary alicyclic amines) is 1. The number of aliphatic carboxylic acids is 1. The van der Waals surface area contributed by atoms with Crippen LogP contribution in [0.2, 0.25) is 0 Å². The number of nitrogens with zero attached hydrogens (tertiary/aromatic N) is 1. The van der Waals surface area contributed by atoms with Crippen molar-refractivity contribution in [3.05, 3.63) is 34.9 Å². The van der Waals surface area contributed by atoms with E-state index in [1.54, 1.807) is 0 Å². The highest BCUT2D eigenvalue weighted by Gasteiger charge is 2.39. The fraction of sp³-hybridized carbons (Fsp3) is 0.632. The van der Waals surface area contributed by atoms with Crippen LogP contribution in [0.3, 0.4) is 0 Å². The molecule has 2 aliphatic heterocycles. The molecule has 1 unspecified atom stereocenters. The Labute approximate surface area is 138 Å². The van der Waals surface area contributed by atoms with Crippen LogP contribution in [0.4, 0.5) is 0 Å². The van der Waals surface area contributed by atoms with Crippen molar-refractivity contribution in [2.45, 2.75) is 45.6 Å². The molecule has 2 heterocycles. The third kappa shape index (κ3) is 3.43. The lowest BCUT2D eigenvalue weighted by Crippen LogP contribution is -2.46. The van der Waals surface area contributed by atoms with Crippen LogP contribution in [0.15, 0.2) is 18.2 Å². The van der Waals surface area contributed by atoms with Crippen LogP contribution in [0.1, 0.15) is 48.4 Å². The van der Waals surface area contributed by atoms with E-state index in [9.17, 15) is 9.90 Å². The third-order valence-corrected chi connectivity index (χ3v) is 5.74. The molecule has 0 aliphatic carbocycles. The molecule has 1 N–H and O–H groups in total. The number of benzene rings is 1. The maximum absolute atomic E-state index is 12.0. The van der Waals surface area contributed by atoms with E-state index in [-0.39, 0.29) is 0 Å². The molecule has 0 bridgehead atoms. The smallest absolute Gasteiger partial charge is 0.325 e. The minimum Gasteiger partial charge on any atom is -0.480 e. The molecule has 23 heavy (non-hydrogen) atoms. The Kier molecular flexibility index (Phi) is 4.74. The van der Waals surface area contributed by atoms with Crippen LogP contribution < -0.4 is 0 Å². The zero-order chi connectivity index (χ0) is 16.4. The zero-order valence-corrected chi connectivity index (χ0v) is 14.2. The van der Waals surface area contributed by atoms with Crippen molar-refractivity contribution in [2.75, 3.05) is 26.3 Å². The van der Waals surface area contributed by atoms with E-state index in [0.29, 0.717) is 5.41 Å². The number of piperidine rings is 1. The fourth-order valence-corrected chi connectivity index (χ4v) is 4.10. The van der Waals surface area contributed by atoms with Crippen molar-refractivity contribution in [1.29, 1.82) is 0 Å². The van der Waals surface area contributed by atoms with Gasteiger partial charge in [0.2, 0.25) is 0 Å². The maximum Gasteiger partial charge on any atom is 0.325 e. The quantitative estimate of drug-likeness (QED) is 0.929. The number of aryl methyl sites for hydroxylation is 2. The molecule has 4 heteroatoms. The Morgan fingerprint density at radius 2 is 1.83 bits per heavy atom. The van der Waals surface area contributed by atoms with Crippen LogP contribution in [-0.2, 0) is 9.53 Å². The van der Waals surface area contributed by atoms with E-state index in [4.69, 9.17) is 4.74 Å². The predicted molar refractivity (Wildman–Crippen MR) is 89.6 cm³/mol. The van der Waals surface area contributed by atoms with Gasteiger partial charge in [0.15, 0.2) is 0 Å². The summed E-state index contributed by atoms with van der Waals surface area (Å²) in [5.74, 6) is -0.735. The van der Waals surface area contributed by atoms with Gasteiger partial charge in [0.25, 0.3) is 0 Å². The van der Waals surface area contributed by atoms with Crippen molar-refractivity contribution in [3.63, 3.8) is 0 Å². The molecule has 2 fully saturated rings. The van der Waals surface area contributed by atoms with Gasteiger partial charge in [0.1, 0.15) is 6.04 Å². The highest BCUT2D eigenvalue weighted by atomic mass is 16.5. The van der Waals surface area contributed by atoms with Gasteiger partial charge in [-0.05, 0) is 69.2 Å². The summed E-state index contributed by atoms with van der Waals surface area (Å²) < 4.78 is 5.50. The van der Waals surface area contributed by atoms with Crippen molar-refractivity contribution < 1.29 is 14.6 Å². The van der Waals surface area contributed by atoms with Crippen LogP contribution in [0.25, 0.3) is 0 Å². The molecule has 1 atom stereocenters. The lowest BCUT2D eigenvalue weighted by Gasteiger charge is -2.45. The number of carboxylic acids is 1. The normalized spacial score (nSPS) is 22.9. The molecule has 0 radical (unpaired) electrons. The van der Waals surface area contributed by atoms with Gasteiger partial charge >= 0.3 is 5.97 Å². The van der Waals surface area contributed by atoms with Gasteiger partial charge in [-0.25, -0.2) is 0 Å². The van der Waals surface area contributed by atoms with Gasteiger partial charge in [-0.3, -0.25) is 9.69 Å². The van der Waals surface area contributed by atoms with E-state index < -0.39 is 12.0 Å². The first-order valence-corrected chi connectivity index (χ1v) is 8.63. The van der Waals surface area contributed by atoms with Gasteiger partial charge in [-0.15, -0.1) is 0 Å². The molecule has 126 valence electrons. The first-order valence-electron chi connectivity index (χ1n) is 8.63. The number of rotatable bonds is 3. The summed E-state index contributed by atoms with van der Waals surface area (Å²) in [7, 11) is 0. The van der Waals surface area contributed by atoms with E-state index in [2.05, 4.69) is 4.90 Å². The van der Waals surface area contributed by atoms with Gasteiger partial charge in [0, 0.05) is 13.2 Å². The summed E-state index contributed by atoms with van der Waals surface area (Å²) in [5, 5.41) is 9.83. The molecule has 3 rings (SSSR count). The molecule has 2 saturated heterocycles. The molecule has 1 aromatic rings. The number of carbonyl (C=O) groups is 1. The highest BCUT2D eigenvalue weighted by molar-refractivity contribution is 5.76. The molecule has 1 spiro atoms. The number of ether oxygens (including phenoxy) is 1. The van der Waals surface area contributed by atoms with Crippen molar-refractivity contribution in [3.8, 4) is 0 Å². The Morgan fingerprint density at radius 1 is 1.17 bits per heavy atom. The topological polar surface area (TPSA) is 49.8 Å². The summed E-state index contributed by atoms with van der Waals surface area (Å²) in [5.41, 5.74) is 3.52. The SMILES string of the molecule is Cc1ccc(C)c(C(C(=O)O)N2CCC3(CCOCC3)CC2)c1. The lowest BCUT2D eigenvalue weighted by molar-refractivity contribution is -0.145. The molecule has 0 aromatic heterocycles. The van der Waals surface area contributed by atoms with Crippen LogP contribution >= 0.6 is 0 Å². The molecule has 4 nitrogen and oxygen atoms in total. The summed E-state index contributed by atoms with van der Waals surface area (Å²) in [6.07, 6.45) is 4.43. The monoisotopic (exact) mass is 317 g/mol. The summed E-state index contributed by atoms with van der Waals surface area (Å²) >= 11 is 0. The van der Waals surface area contributed by atoms with Crippen LogP contribution in [0.5, 0.6) is 0 Å². The number of hydrogen-bond acceptors (Lipinski definition) is 3. The Bertz CT molecular complexity index is 568. The molecule has 0 saturated carbocycles. The Balaban J connectivity index is 1.78. The summed E-state index contributed by atoms with van der Waals surface area (Å²) in [6, 6.07) is 5.59. The second-order valence-electron chi connectivity index (χ2n) is 7.25. The largest absolute Gasteiger partial charge is 0.480 e. The number of carboxylic acid groups (broad SMARTS) is 1. The van der Waals surface area contributed by atoms with Crippen molar-refractivity contribution >= 4 is 5.97 Å². The molecule has 2 aliphatic rings. The van der Waals surface area contributed by atoms with Gasteiger partial charge in [-0.2, -0.15) is 0 Å². The lowest BCUT2D eigenvalue weighted by atomic mass is 9.72. The minimum absolute atomic E-state index is 0.388. The van der Waals surface area contributed by atoms with Crippen LogP contribution in [0, 0.1) is 19.3 Å². The second-order valence-corrected chi connectivity index (χ2v) is 7.25. The van der Waals surface area contributed by atoms with Gasteiger partial charge < -0.3 is 9.84 Å². The van der Waals surface area contributed by atoms with E-state index in [0.717, 1.165) is 68.7 Å². The van der Waals surface area contributed by atoms with E-state index in [1.807, 2.05) is 32.0 Å². The highest BCUT2D eigenvalue weighted by Crippen LogP contribution is 2.42. The standard InChI is InChI=1S/C19H27NO3/c1-14-3-4-15(2)16(13-14)17(18(21)22)20-9-5-19(6-10-20)7-11-23-12-8-19/h3-4,13,17H,5-12H2,1-2H3,(H,21,22). The van der Waals surface area contributed by atoms with E-state index >= 15 is 0 Å². The molecular formula is C19H27NO3. The zero-order valence-electron chi connectivity index (χ0n) is 14.2. The average molecular weight is 317 g/mol. The maximum atomic E-state index is 12.0. The second kappa shape index (κ2) is 6.62. The van der Waals surface area contributed by atoms with E-state index in [1.165, 1.54) is 0 Å². The van der Waals surface area contributed by atoms with Crippen LogP contribution in [-0.4, -0.2) is 42.3 Å². The molecule has 1 aromatic carbocycles. The summed E-state index contributed by atoms with van der Waals surface area (Å²) in [6.45, 7) is 7.48. The minimum atomic E-state index is -0.735. The molecule has 0 amide bonds.